The Bertz CT molecular complexity index is 1400. The van der Waals surface area contributed by atoms with Crippen molar-refractivity contribution < 1.29 is 9.32 Å². The van der Waals surface area contributed by atoms with Gasteiger partial charge in [0.05, 0.1) is 23.5 Å². The Morgan fingerprint density at radius 1 is 1.15 bits per heavy atom. The number of imidazole rings is 1. The van der Waals surface area contributed by atoms with Crippen molar-refractivity contribution in [2.75, 3.05) is 18.4 Å². The third kappa shape index (κ3) is 4.43. The molecule has 3 heterocycles. The SMILES string of the molecule is Cn1c(=O)n(C)c2cc(NC(=O)C3CCCN(Cc4nc(-c5ccc(Br)cc5)no4)C3)ccc21. The Labute approximate surface area is 204 Å². The molecular formula is C24H25BrN6O3. The van der Waals surface area contributed by atoms with Gasteiger partial charge < -0.3 is 9.84 Å². The Hall–Kier alpha value is -3.24. The normalized spacial score (nSPS) is 16.7. The predicted octanol–water partition coefficient (Wildman–Crippen LogP) is 3.54. The molecule has 5 rings (SSSR count). The molecular weight excluding hydrogens is 500 g/mol. The molecule has 4 aromatic rings. The van der Waals surface area contributed by atoms with Crippen molar-refractivity contribution in [3.63, 3.8) is 0 Å². The Balaban J connectivity index is 1.23. The summed E-state index contributed by atoms with van der Waals surface area (Å²) in [4.78, 5) is 31.9. The quantitative estimate of drug-likeness (QED) is 0.428. The van der Waals surface area contributed by atoms with E-state index < -0.39 is 0 Å². The topological polar surface area (TPSA) is 98.2 Å². The smallest absolute Gasteiger partial charge is 0.328 e. The maximum Gasteiger partial charge on any atom is 0.328 e. The fourth-order valence-corrected chi connectivity index (χ4v) is 4.73. The minimum Gasteiger partial charge on any atom is -0.338 e. The molecule has 9 nitrogen and oxygen atoms in total. The molecule has 34 heavy (non-hydrogen) atoms. The summed E-state index contributed by atoms with van der Waals surface area (Å²) in [7, 11) is 3.47. The maximum absolute atomic E-state index is 13.0. The Kier molecular flexibility index (Phi) is 6.09. The van der Waals surface area contributed by atoms with Gasteiger partial charge in [0.25, 0.3) is 0 Å². The van der Waals surface area contributed by atoms with Crippen LogP contribution in [0.15, 0.2) is 56.3 Å². The fraction of sp³-hybridized carbons (Fsp3) is 0.333. The second-order valence-corrected chi connectivity index (χ2v) is 9.60. The van der Waals surface area contributed by atoms with Gasteiger partial charge >= 0.3 is 5.69 Å². The lowest BCUT2D eigenvalue weighted by atomic mass is 9.97. The van der Waals surface area contributed by atoms with Crippen molar-refractivity contribution in [1.82, 2.24) is 24.2 Å². The number of nitrogens with zero attached hydrogens (tertiary/aromatic N) is 5. The van der Waals surface area contributed by atoms with Crippen LogP contribution in [-0.2, 0) is 25.4 Å². The molecule has 1 N–H and O–H groups in total. The lowest BCUT2D eigenvalue weighted by molar-refractivity contribution is -0.121. The fourth-order valence-electron chi connectivity index (χ4n) is 4.47. The van der Waals surface area contributed by atoms with Gasteiger partial charge in [-0.2, -0.15) is 4.98 Å². The van der Waals surface area contributed by atoms with Crippen LogP contribution in [0.2, 0.25) is 0 Å². The number of likely N-dealkylation sites (tertiary alicyclic amines) is 1. The summed E-state index contributed by atoms with van der Waals surface area (Å²) in [5.41, 5.74) is 3.10. The highest BCUT2D eigenvalue weighted by Gasteiger charge is 2.27. The van der Waals surface area contributed by atoms with Gasteiger partial charge in [-0.05, 0) is 61.9 Å². The van der Waals surface area contributed by atoms with Gasteiger partial charge in [-0.25, -0.2) is 4.79 Å². The number of rotatable bonds is 5. The molecule has 1 unspecified atom stereocenters. The van der Waals surface area contributed by atoms with E-state index in [-0.39, 0.29) is 17.5 Å². The summed E-state index contributed by atoms with van der Waals surface area (Å²) in [5, 5.41) is 7.13. The molecule has 0 radical (unpaired) electrons. The summed E-state index contributed by atoms with van der Waals surface area (Å²) in [6.45, 7) is 2.00. The number of hydrogen-bond donors (Lipinski definition) is 1. The molecule has 0 spiro atoms. The highest BCUT2D eigenvalue weighted by atomic mass is 79.9. The van der Waals surface area contributed by atoms with Crippen LogP contribution in [0.4, 0.5) is 5.69 Å². The van der Waals surface area contributed by atoms with Crippen LogP contribution in [0.5, 0.6) is 0 Å². The third-order valence-electron chi connectivity index (χ3n) is 6.35. The zero-order valence-electron chi connectivity index (χ0n) is 19.0. The first kappa shape index (κ1) is 22.5. The highest BCUT2D eigenvalue weighted by Crippen LogP contribution is 2.23. The van der Waals surface area contributed by atoms with E-state index in [1.807, 2.05) is 42.5 Å². The van der Waals surface area contributed by atoms with E-state index in [4.69, 9.17) is 4.52 Å². The second kappa shape index (κ2) is 9.19. The number of piperidine rings is 1. The summed E-state index contributed by atoms with van der Waals surface area (Å²) in [6.07, 6.45) is 1.74. The molecule has 2 aromatic carbocycles. The van der Waals surface area contributed by atoms with E-state index in [1.54, 1.807) is 23.2 Å². The summed E-state index contributed by atoms with van der Waals surface area (Å²) in [5.74, 6) is 0.929. The van der Waals surface area contributed by atoms with Gasteiger partial charge in [0.2, 0.25) is 17.6 Å². The number of anilines is 1. The largest absolute Gasteiger partial charge is 0.338 e. The average molecular weight is 525 g/mol. The monoisotopic (exact) mass is 524 g/mol. The molecule has 1 aliphatic heterocycles. The summed E-state index contributed by atoms with van der Waals surface area (Å²) >= 11 is 3.43. The first-order chi connectivity index (χ1) is 16.4. The predicted molar refractivity (Wildman–Crippen MR) is 132 cm³/mol. The van der Waals surface area contributed by atoms with Crippen molar-refractivity contribution in [1.29, 1.82) is 0 Å². The number of fused-ring (bicyclic) bond motifs is 1. The summed E-state index contributed by atoms with van der Waals surface area (Å²) < 4.78 is 9.63. The molecule has 2 aromatic heterocycles. The standard InChI is InChI=1S/C24H25BrN6O3/c1-29-19-10-9-18(12-20(19)30(2)24(29)33)26-23(32)16-4-3-11-31(13-16)14-21-27-22(28-34-21)15-5-7-17(25)8-6-15/h5-10,12,16H,3-4,11,13-14H2,1-2H3,(H,26,32). The molecule has 10 heteroatoms. The minimum absolute atomic E-state index is 0.0222. The number of carbonyl (C=O) groups excluding carboxylic acids is 1. The maximum atomic E-state index is 13.0. The first-order valence-electron chi connectivity index (χ1n) is 11.2. The second-order valence-electron chi connectivity index (χ2n) is 8.69. The number of hydrogen-bond acceptors (Lipinski definition) is 6. The van der Waals surface area contributed by atoms with Crippen LogP contribution < -0.4 is 11.0 Å². The number of carbonyl (C=O) groups is 1. The average Bonchev–Trinajstić information content (AvgIpc) is 3.39. The number of aromatic nitrogens is 4. The van der Waals surface area contributed by atoms with Crippen molar-refractivity contribution in [3.05, 3.63) is 63.3 Å². The van der Waals surface area contributed by atoms with E-state index >= 15 is 0 Å². The molecule has 1 aliphatic rings. The van der Waals surface area contributed by atoms with Crippen LogP contribution in [0, 0.1) is 5.92 Å². The molecule has 0 bridgehead atoms. The number of aryl methyl sites for hydroxylation is 2. The minimum atomic E-state index is -0.141. The van der Waals surface area contributed by atoms with Gasteiger partial charge in [0.1, 0.15) is 0 Å². The van der Waals surface area contributed by atoms with Crippen molar-refractivity contribution >= 4 is 38.6 Å². The van der Waals surface area contributed by atoms with Crippen LogP contribution in [-0.4, -0.2) is 43.2 Å². The van der Waals surface area contributed by atoms with Crippen LogP contribution in [0.25, 0.3) is 22.4 Å². The zero-order valence-corrected chi connectivity index (χ0v) is 20.6. The summed E-state index contributed by atoms with van der Waals surface area (Å²) in [6, 6.07) is 13.3. The van der Waals surface area contributed by atoms with Gasteiger partial charge in [-0.3, -0.25) is 18.8 Å². The Morgan fingerprint density at radius 3 is 2.71 bits per heavy atom. The van der Waals surface area contributed by atoms with E-state index in [9.17, 15) is 9.59 Å². The third-order valence-corrected chi connectivity index (χ3v) is 6.87. The molecule has 1 saturated heterocycles. The highest BCUT2D eigenvalue weighted by molar-refractivity contribution is 9.10. The van der Waals surface area contributed by atoms with Crippen LogP contribution >= 0.6 is 15.9 Å². The molecule has 0 saturated carbocycles. The number of nitrogens with one attached hydrogen (secondary N) is 1. The number of halogens is 1. The molecule has 1 atom stereocenters. The molecule has 176 valence electrons. The van der Waals surface area contributed by atoms with Gasteiger partial charge in [0, 0.05) is 36.4 Å². The van der Waals surface area contributed by atoms with Gasteiger partial charge in [-0.1, -0.05) is 21.1 Å². The van der Waals surface area contributed by atoms with E-state index in [0.29, 0.717) is 30.5 Å². The van der Waals surface area contributed by atoms with Crippen LogP contribution in [0.1, 0.15) is 18.7 Å². The van der Waals surface area contributed by atoms with E-state index in [2.05, 4.69) is 36.3 Å². The van der Waals surface area contributed by atoms with E-state index in [0.717, 1.165) is 40.5 Å². The van der Waals surface area contributed by atoms with Crippen molar-refractivity contribution in [2.24, 2.45) is 20.0 Å². The zero-order chi connectivity index (χ0) is 23.8. The van der Waals surface area contributed by atoms with Gasteiger partial charge in [0.15, 0.2) is 0 Å². The van der Waals surface area contributed by atoms with Crippen LogP contribution in [0.3, 0.4) is 0 Å². The lowest BCUT2D eigenvalue weighted by Crippen LogP contribution is -2.40. The number of amides is 1. The first-order valence-corrected chi connectivity index (χ1v) is 12.0. The molecule has 1 fully saturated rings. The van der Waals surface area contributed by atoms with Crippen molar-refractivity contribution in [3.8, 4) is 11.4 Å². The van der Waals surface area contributed by atoms with Gasteiger partial charge in [-0.15, -0.1) is 0 Å². The molecule has 0 aliphatic carbocycles. The lowest BCUT2D eigenvalue weighted by Gasteiger charge is -2.30. The van der Waals surface area contributed by atoms with Crippen molar-refractivity contribution in [2.45, 2.75) is 19.4 Å². The Morgan fingerprint density at radius 2 is 1.91 bits per heavy atom. The number of benzene rings is 2. The van der Waals surface area contributed by atoms with E-state index in [1.165, 1.54) is 0 Å². The molecule has 1 amide bonds.